The van der Waals surface area contributed by atoms with Crippen LogP contribution in [-0.2, 0) is 14.8 Å². The summed E-state index contributed by atoms with van der Waals surface area (Å²) in [4.78, 5) is 12.9. The Bertz CT molecular complexity index is 952. The largest absolute Gasteiger partial charge is 0.497 e. The minimum absolute atomic E-state index is 0.414. The summed E-state index contributed by atoms with van der Waals surface area (Å²) >= 11 is 0. The smallest absolute Gasteiger partial charge is 0.248 e. The zero-order valence-corrected chi connectivity index (χ0v) is 17.8. The fourth-order valence-electron chi connectivity index (χ4n) is 3.03. The lowest BCUT2D eigenvalue weighted by Gasteiger charge is -2.29. The van der Waals surface area contributed by atoms with E-state index in [0.717, 1.165) is 21.7 Å². The monoisotopic (exact) mass is 406 g/mol. The maximum Gasteiger partial charge on any atom is 0.248 e. The van der Waals surface area contributed by atoms with Crippen molar-refractivity contribution in [1.29, 1.82) is 0 Å². The van der Waals surface area contributed by atoms with Crippen LogP contribution in [0.5, 0.6) is 11.5 Å². The molecule has 1 amide bonds. The van der Waals surface area contributed by atoms with Crippen LogP contribution in [0.3, 0.4) is 0 Å². The molecule has 0 radical (unpaired) electrons. The first kappa shape index (κ1) is 21.6. The van der Waals surface area contributed by atoms with Crippen LogP contribution in [0.15, 0.2) is 36.4 Å². The molecule has 7 nitrogen and oxygen atoms in total. The van der Waals surface area contributed by atoms with Crippen LogP contribution in [0.4, 0.5) is 11.4 Å². The molecule has 2 aromatic rings. The standard InChI is InChI=1S/C20H26N2O5S/c1-13-9-14(2)11-16(10-13)22(28(6,24)25)15(3)20(23)21-18-8-7-17(26-4)12-19(18)27-5/h7-12,15H,1-6H3,(H,21,23)/t15-/m0/s1. The fraction of sp³-hybridized carbons (Fsp3) is 0.350. The second-order valence-corrected chi connectivity index (χ2v) is 8.50. The summed E-state index contributed by atoms with van der Waals surface area (Å²) in [5.74, 6) is 0.515. The van der Waals surface area contributed by atoms with Gasteiger partial charge < -0.3 is 14.8 Å². The number of hydrogen-bond donors (Lipinski definition) is 1. The lowest BCUT2D eigenvalue weighted by atomic mass is 10.1. The number of amides is 1. The third-order valence-electron chi connectivity index (χ3n) is 4.22. The third-order valence-corrected chi connectivity index (χ3v) is 5.46. The highest BCUT2D eigenvalue weighted by atomic mass is 32.2. The van der Waals surface area contributed by atoms with Crippen molar-refractivity contribution in [2.75, 3.05) is 30.1 Å². The predicted molar refractivity (Wildman–Crippen MR) is 111 cm³/mol. The molecule has 0 spiro atoms. The SMILES string of the molecule is COc1ccc(NC(=O)[C@H](C)N(c2cc(C)cc(C)c2)S(C)(=O)=O)c(OC)c1. The van der Waals surface area contributed by atoms with E-state index in [0.29, 0.717) is 22.9 Å². The summed E-state index contributed by atoms with van der Waals surface area (Å²) < 4.78 is 36.5. The van der Waals surface area contributed by atoms with Crippen LogP contribution < -0.4 is 19.1 Å². The highest BCUT2D eigenvalue weighted by Gasteiger charge is 2.30. The first-order valence-electron chi connectivity index (χ1n) is 8.67. The maximum absolute atomic E-state index is 12.9. The lowest BCUT2D eigenvalue weighted by Crippen LogP contribution is -2.45. The third kappa shape index (κ3) is 4.95. The van der Waals surface area contributed by atoms with Crippen molar-refractivity contribution < 1.29 is 22.7 Å². The molecular formula is C20H26N2O5S. The van der Waals surface area contributed by atoms with Gasteiger partial charge in [-0.25, -0.2) is 8.42 Å². The van der Waals surface area contributed by atoms with Gasteiger partial charge in [-0.15, -0.1) is 0 Å². The van der Waals surface area contributed by atoms with Crippen LogP contribution >= 0.6 is 0 Å². The molecule has 0 aromatic heterocycles. The van der Waals surface area contributed by atoms with Gasteiger partial charge in [-0.2, -0.15) is 0 Å². The van der Waals surface area contributed by atoms with Crippen molar-refractivity contribution in [3.63, 3.8) is 0 Å². The summed E-state index contributed by atoms with van der Waals surface area (Å²) in [6, 6.07) is 9.42. The number of hydrogen-bond acceptors (Lipinski definition) is 5. The Morgan fingerprint density at radius 2 is 1.64 bits per heavy atom. The number of methoxy groups -OCH3 is 2. The molecule has 0 bridgehead atoms. The zero-order chi connectivity index (χ0) is 21.1. The van der Waals surface area contributed by atoms with Gasteiger partial charge in [0.25, 0.3) is 0 Å². The number of ether oxygens (including phenoxy) is 2. The van der Waals surface area contributed by atoms with Crippen molar-refractivity contribution in [1.82, 2.24) is 0 Å². The Kier molecular flexibility index (Phi) is 6.56. The molecule has 152 valence electrons. The Hall–Kier alpha value is -2.74. The second kappa shape index (κ2) is 8.52. The molecule has 2 aromatic carbocycles. The summed E-state index contributed by atoms with van der Waals surface area (Å²) in [5.41, 5.74) is 2.69. The van der Waals surface area contributed by atoms with Crippen molar-refractivity contribution in [3.05, 3.63) is 47.5 Å². The highest BCUT2D eigenvalue weighted by Crippen LogP contribution is 2.30. The zero-order valence-electron chi connectivity index (χ0n) is 16.9. The first-order chi connectivity index (χ1) is 13.1. The average molecular weight is 407 g/mol. The predicted octanol–water partition coefficient (Wildman–Crippen LogP) is 3.11. The number of carbonyl (C=O) groups excluding carboxylic acids is 1. The van der Waals surface area contributed by atoms with Crippen molar-refractivity contribution in [2.24, 2.45) is 0 Å². The minimum Gasteiger partial charge on any atom is -0.497 e. The second-order valence-electron chi connectivity index (χ2n) is 6.64. The molecule has 8 heteroatoms. The van der Waals surface area contributed by atoms with Crippen LogP contribution in [0, 0.1) is 13.8 Å². The number of carbonyl (C=O) groups is 1. The molecule has 0 saturated carbocycles. The van der Waals surface area contributed by atoms with E-state index in [2.05, 4.69) is 5.32 Å². The van der Waals surface area contributed by atoms with Gasteiger partial charge in [0.1, 0.15) is 17.5 Å². The molecule has 0 aliphatic carbocycles. The Morgan fingerprint density at radius 3 is 2.14 bits per heavy atom. The van der Waals surface area contributed by atoms with E-state index in [1.54, 1.807) is 37.3 Å². The van der Waals surface area contributed by atoms with E-state index >= 15 is 0 Å². The van der Waals surface area contributed by atoms with Crippen LogP contribution in [0.25, 0.3) is 0 Å². The maximum atomic E-state index is 12.9. The molecule has 0 unspecified atom stereocenters. The number of aryl methyl sites for hydroxylation is 2. The summed E-state index contributed by atoms with van der Waals surface area (Å²) in [5, 5.41) is 2.74. The summed E-state index contributed by atoms with van der Waals surface area (Å²) in [7, 11) is -0.684. The molecule has 1 atom stereocenters. The lowest BCUT2D eigenvalue weighted by molar-refractivity contribution is -0.116. The van der Waals surface area contributed by atoms with E-state index in [4.69, 9.17) is 9.47 Å². The number of nitrogens with zero attached hydrogens (tertiary/aromatic N) is 1. The number of nitrogens with one attached hydrogen (secondary N) is 1. The number of anilines is 2. The first-order valence-corrected chi connectivity index (χ1v) is 10.5. The molecular weight excluding hydrogens is 380 g/mol. The van der Waals surface area contributed by atoms with Gasteiger partial charge >= 0.3 is 0 Å². The average Bonchev–Trinajstić information content (AvgIpc) is 2.60. The topological polar surface area (TPSA) is 84.9 Å². The van der Waals surface area contributed by atoms with Gasteiger partial charge in [0, 0.05) is 6.07 Å². The number of rotatable bonds is 7. The number of benzene rings is 2. The van der Waals surface area contributed by atoms with Gasteiger partial charge in [0.15, 0.2) is 0 Å². The van der Waals surface area contributed by atoms with E-state index in [1.165, 1.54) is 14.2 Å². The van der Waals surface area contributed by atoms with Crippen molar-refractivity contribution in [2.45, 2.75) is 26.8 Å². The van der Waals surface area contributed by atoms with E-state index < -0.39 is 22.0 Å². The van der Waals surface area contributed by atoms with Gasteiger partial charge in [0.05, 0.1) is 31.9 Å². The minimum atomic E-state index is -3.69. The van der Waals surface area contributed by atoms with Crippen LogP contribution in [0.1, 0.15) is 18.1 Å². The summed E-state index contributed by atoms with van der Waals surface area (Å²) in [6.45, 7) is 5.30. The van der Waals surface area contributed by atoms with Crippen molar-refractivity contribution in [3.8, 4) is 11.5 Å². The summed E-state index contributed by atoms with van der Waals surface area (Å²) in [6.07, 6.45) is 1.09. The van der Waals surface area contributed by atoms with Gasteiger partial charge in [-0.05, 0) is 56.2 Å². The van der Waals surface area contributed by atoms with Gasteiger partial charge in [0.2, 0.25) is 15.9 Å². The fourth-order valence-corrected chi connectivity index (χ4v) is 4.18. The molecule has 2 rings (SSSR count). The molecule has 0 aliphatic heterocycles. The Labute approximate surface area is 166 Å². The van der Waals surface area contributed by atoms with E-state index in [1.807, 2.05) is 19.9 Å². The molecule has 0 aliphatic rings. The molecule has 0 saturated heterocycles. The van der Waals surface area contributed by atoms with E-state index in [9.17, 15) is 13.2 Å². The molecule has 0 heterocycles. The van der Waals surface area contributed by atoms with E-state index in [-0.39, 0.29) is 0 Å². The highest BCUT2D eigenvalue weighted by molar-refractivity contribution is 7.92. The van der Waals surface area contributed by atoms with Gasteiger partial charge in [-0.3, -0.25) is 9.10 Å². The Morgan fingerprint density at radius 1 is 1.04 bits per heavy atom. The van der Waals surface area contributed by atoms with Crippen LogP contribution in [-0.4, -0.2) is 40.8 Å². The quantitative estimate of drug-likeness (QED) is 0.764. The molecule has 1 N–H and O–H groups in total. The normalized spacial score (nSPS) is 12.2. The van der Waals surface area contributed by atoms with Crippen molar-refractivity contribution >= 4 is 27.3 Å². The number of sulfonamides is 1. The Balaban J connectivity index is 2.37. The molecule has 0 fully saturated rings. The van der Waals surface area contributed by atoms with Gasteiger partial charge in [-0.1, -0.05) is 6.07 Å². The molecule has 28 heavy (non-hydrogen) atoms. The van der Waals surface area contributed by atoms with Crippen LogP contribution in [0.2, 0.25) is 0 Å².